The predicted molar refractivity (Wildman–Crippen MR) is 101 cm³/mol. The Kier molecular flexibility index (Phi) is 6.88. The number of quaternary nitrogens is 1. The molecule has 0 fully saturated rings. The van der Waals surface area contributed by atoms with Crippen LogP contribution in [0.4, 0.5) is 0 Å². The molecule has 0 aliphatic rings. The van der Waals surface area contributed by atoms with Crippen LogP contribution in [-0.4, -0.2) is 25.8 Å². The van der Waals surface area contributed by atoms with Gasteiger partial charge in [0.25, 0.3) is 0 Å². The second kappa shape index (κ2) is 8.90. The fourth-order valence-corrected chi connectivity index (χ4v) is 3.49. The average molecular weight is 344 g/mol. The first-order valence-electron chi connectivity index (χ1n) is 8.28. The zero-order valence-corrected chi connectivity index (χ0v) is 15.8. The zero-order chi connectivity index (χ0) is 17.5. The normalized spacial score (nSPS) is 10.9. The monoisotopic (exact) mass is 343 g/mol. The van der Waals surface area contributed by atoms with Crippen molar-refractivity contribution in [3.05, 3.63) is 64.7 Å². The number of aryl methyl sites for hydroxylation is 2. The molecule has 0 saturated heterocycles. The van der Waals surface area contributed by atoms with Gasteiger partial charge in [-0.25, -0.2) is 0 Å². The summed E-state index contributed by atoms with van der Waals surface area (Å²) >= 11 is 1.60. The van der Waals surface area contributed by atoms with Gasteiger partial charge in [0.15, 0.2) is 0 Å². The summed E-state index contributed by atoms with van der Waals surface area (Å²) in [6, 6.07) is 14.7. The minimum Gasteiger partial charge on any atom is -0.351 e. The summed E-state index contributed by atoms with van der Waals surface area (Å²) in [5.74, 6) is 0.527. The van der Waals surface area contributed by atoms with Crippen LogP contribution in [0.2, 0.25) is 0 Å². The lowest BCUT2D eigenvalue weighted by Gasteiger charge is -2.13. The van der Waals surface area contributed by atoms with Crippen molar-refractivity contribution in [2.45, 2.75) is 31.8 Å². The van der Waals surface area contributed by atoms with E-state index < -0.39 is 0 Å². The van der Waals surface area contributed by atoms with E-state index in [0.29, 0.717) is 12.3 Å². The predicted octanol–water partition coefficient (Wildman–Crippen LogP) is 2.36. The lowest BCUT2D eigenvalue weighted by Crippen LogP contribution is -3.04. The lowest BCUT2D eigenvalue weighted by molar-refractivity contribution is -0.872. The topological polar surface area (TPSA) is 33.5 Å². The highest BCUT2D eigenvalue weighted by Gasteiger charge is 2.08. The third kappa shape index (κ3) is 5.69. The van der Waals surface area contributed by atoms with Crippen LogP contribution < -0.4 is 10.2 Å². The number of thioether (sulfide) groups is 1. The van der Waals surface area contributed by atoms with Gasteiger partial charge in [-0.1, -0.05) is 42.0 Å². The summed E-state index contributed by atoms with van der Waals surface area (Å²) in [6.45, 7) is 5.71. The van der Waals surface area contributed by atoms with E-state index in [9.17, 15) is 4.79 Å². The first kappa shape index (κ1) is 18.6. The maximum atomic E-state index is 12.2. The van der Waals surface area contributed by atoms with Crippen molar-refractivity contribution in [1.29, 1.82) is 0 Å². The van der Waals surface area contributed by atoms with E-state index in [1.165, 1.54) is 32.0 Å². The minimum atomic E-state index is 0.0768. The number of carbonyl (C=O) groups excluding carboxylic acids is 1. The van der Waals surface area contributed by atoms with E-state index in [2.05, 4.69) is 69.7 Å². The van der Waals surface area contributed by atoms with Crippen LogP contribution in [0.3, 0.4) is 0 Å². The van der Waals surface area contributed by atoms with Gasteiger partial charge in [-0.2, -0.15) is 0 Å². The first-order chi connectivity index (χ1) is 11.5. The minimum absolute atomic E-state index is 0.0768. The Morgan fingerprint density at radius 3 is 2.50 bits per heavy atom. The van der Waals surface area contributed by atoms with Gasteiger partial charge in [0.2, 0.25) is 5.91 Å². The fraction of sp³-hybridized carbons (Fsp3) is 0.350. The van der Waals surface area contributed by atoms with Crippen molar-refractivity contribution < 1.29 is 9.69 Å². The maximum absolute atomic E-state index is 12.2. The van der Waals surface area contributed by atoms with Crippen LogP contribution in [0.15, 0.2) is 47.4 Å². The molecule has 0 radical (unpaired) electrons. The molecule has 0 bridgehead atoms. The molecule has 1 amide bonds. The summed E-state index contributed by atoms with van der Waals surface area (Å²) in [7, 11) is 4.27. The molecule has 2 N–H and O–H groups in total. The van der Waals surface area contributed by atoms with E-state index >= 15 is 0 Å². The highest BCUT2D eigenvalue weighted by atomic mass is 32.2. The third-order valence-corrected chi connectivity index (χ3v) is 5.00. The number of amides is 1. The van der Waals surface area contributed by atoms with Crippen LogP contribution in [0.1, 0.15) is 22.3 Å². The Hall–Kier alpha value is -1.78. The largest absolute Gasteiger partial charge is 0.351 e. The Bertz CT molecular complexity index is 698. The number of hydrogen-bond acceptors (Lipinski definition) is 2. The lowest BCUT2D eigenvalue weighted by atomic mass is 10.1. The molecule has 0 unspecified atom stereocenters. The quantitative estimate of drug-likeness (QED) is 0.757. The Balaban J connectivity index is 1.88. The van der Waals surface area contributed by atoms with Crippen molar-refractivity contribution in [1.82, 2.24) is 5.32 Å². The second-order valence-electron chi connectivity index (χ2n) is 6.49. The highest BCUT2D eigenvalue weighted by Crippen LogP contribution is 2.23. The van der Waals surface area contributed by atoms with Crippen molar-refractivity contribution in [3.63, 3.8) is 0 Å². The van der Waals surface area contributed by atoms with E-state index in [-0.39, 0.29) is 5.91 Å². The van der Waals surface area contributed by atoms with Gasteiger partial charge in [-0.15, -0.1) is 11.8 Å². The molecule has 0 spiro atoms. The van der Waals surface area contributed by atoms with E-state index in [1.807, 2.05) is 6.07 Å². The molecule has 0 atom stereocenters. The van der Waals surface area contributed by atoms with E-state index in [0.717, 1.165) is 6.54 Å². The van der Waals surface area contributed by atoms with Gasteiger partial charge in [0, 0.05) is 17.0 Å². The summed E-state index contributed by atoms with van der Waals surface area (Å²) in [4.78, 5) is 14.7. The molecule has 2 rings (SSSR count). The summed E-state index contributed by atoms with van der Waals surface area (Å²) in [5, 5.41) is 3.05. The van der Waals surface area contributed by atoms with Crippen molar-refractivity contribution in [3.8, 4) is 0 Å². The number of nitrogens with one attached hydrogen (secondary N) is 2. The van der Waals surface area contributed by atoms with Gasteiger partial charge in [-0.05, 0) is 31.0 Å². The molecule has 0 aliphatic carbocycles. The highest BCUT2D eigenvalue weighted by molar-refractivity contribution is 8.00. The number of rotatable bonds is 7. The van der Waals surface area contributed by atoms with Gasteiger partial charge in [-0.3, -0.25) is 4.79 Å². The third-order valence-electron chi connectivity index (χ3n) is 3.84. The van der Waals surface area contributed by atoms with Crippen molar-refractivity contribution >= 4 is 17.7 Å². The molecule has 4 heteroatoms. The number of benzene rings is 2. The molecule has 0 aliphatic heterocycles. The Morgan fingerprint density at radius 2 is 1.79 bits per heavy atom. The van der Waals surface area contributed by atoms with Crippen LogP contribution in [-0.2, 0) is 17.9 Å². The zero-order valence-electron chi connectivity index (χ0n) is 15.0. The SMILES string of the molecule is Cc1ccc(C)c(SCC(=O)NCc2ccccc2C[NH+](C)C)c1. The van der Waals surface area contributed by atoms with E-state index in [1.54, 1.807) is 11.8 Å². The van der Waals surface area contributed by atoms with Gasteiger partial charge >= 0.3 is 0 Å². The summed E-state index contributed by atoms with van der Waals surface area (Å²) in [6.07, 6.45) is 0. The van der Waals surface area contributed by atoms with Gasteiger partial charge in [0.05, 0.1) is 19.8 Å². The number of hydrogen-bond donors (Lipinski definition) is 2. The molecular formula is C20H27N2OS+. The molecule has 0 aromatic heterocycles. The van der Waals surface area contributed by atoms with Crippen LogP contribution in [0, 0.1) is 13.8 Å². The van der Waals surface area contributed by atoms with E-state index in [4.69, 9.17) is 0 Å². The first-order valence-corrected chi connectivity index (χ1v) is 9.27. The van der Waals surface area contributed by atoms with Gasteiger partial charge < -0.3 is 10.2 Å². The standard InChI is InChI=1S/C20H26N2OS/c1-15-9-10-16(2)19(11-15)24-14-20(23)21-12-17-7-5-6-8-18(17)13-22(3)4/h5-11H,12-14H2,1-4H3,(H,21,23)/p+1. The summed E-state index contributed by atoms with van der Waals surface area (Å²) < 4.78 is 0. The van der Waals surface area contributed by atoms with Crippen LogP contribution in [0.5, 0.6) is 0 Å². The van der Waals surface area contributed by atoms with Crippen molar-refractivity contribution in [2.75, 3.05) is 19.8 Å². The molecule has 0 saturated carbocycles. The Morgan fingerprint density at radius 1 is 1.08 bits per heavy atom. The molecule has 0 heterocycles. The van der Waals surface area contributed by atoms with Crippen LogP contribution >= 0.6 is 11.8 Å². The van der Waals surface area contributed by atoms with Gasteiger partial charge in [0.1, 0.15) is 6.54 Å². The Labute approximate surface area is 149 Å². The number of carbonyl (C=O) groups is 1. The fourth-order valence-electron chi connectivity index (χ4n) is 2.53. The second-order valence-corrected chi connectivity index (χ2v) is 7.50. The molecule has 2 aromatic rings. The van der Waals surface area contributed by atoms with Crippen LogP contribution in [0.25, 0.3) is 0 Å². The molecule has 2 aromatic carbocycles. The van der Waals surface area contributed by atoms with Crippen molar-refractivity contribution in [2.24, 2.45) is 0 Å². The average Bonchev–Trinajstić information content (AvgIpc) is 2.54. The maximum Gasteiger partial charge on any atom is 0.230 e. The molecule has 128 valence electrons. The smallest absolute Gasteiger partial charge is 0.230 e. The molecular weight excluding hydrogens is 316 g/mol. The molecule has 3 nitrogen and oxygen atoms in total. The molecule has 24 heavy (non-hydrogen) atoms. The summed E-state index contributed by atoms with van der Waals surface area (Å²) in [5.41, 5.74) is 4.94.